The maximum absolute atomic E-state index is 14.8. The van der Waals surface area contributed by atoms with E-state index in [1.807, 2.05) is 0 Å². The van der Waals surface area contributed by atoms with Gasteiger partial charge in [-0.3, -0.25) is 4.79 Å². The van der Waals surface area contributed by atoms with Crippen LogP contribution in [0, 0.1) is 5.92 Å². The van der Waals surface area contributed by atoms with Gasteiger partial charge in [0.2, 0.25) is 0 Å². The van der Waals surface area contributed by atoms with Gasteiger partial charge in [-0.15, -0.1) is 0 Å². The van der Waals surface area contributed by atoms with Gasteiger partial charge < -0.3 is 9.47 Å². The largest absolute Gasteiger partial charge is 0.387 e. The first-order chi connectivity index (χ1) is 13.0. The van der Waals surface area contributed by atoms with Gasteiger partial charge in [-0.05, 0) is 42.8 Å². The van der Waals surface area contributed by atoms with Gasteiger partial charge in [0.15, 0.2) is 11.9 Å². The zero-order valence-electron chi connectivity index (χ0n) is 14.1. The monoisotopic (exact) mass is 390 g/mol. The predicted molar refractivity (Wildman–Crippen MR) is 95.4 cm³/mol. The highest BCUT2D eigenvalue weighted by molar-refractivity contribution is 6.30. The Kier molecular flexibility index (Phi) is 5.98. The third-order valence-corrected chi connectivity index (χ3v) is 4.55. The van der Waals surface area contributed by atoms with Gasteiger partial charge in [0, 0.05) is 17.2 Å². The van der Waals surface area contributed by atoms with Crippen LogP contribution in [0.5, 0.6) is 0 Å². The van der Waals surface area contributed by atoms with Gasteiger partial charge in [-0.25, -0.2) is 14.0 Å². The number of halogens is 2. The van der Waals surface area contributed by atoms with E-state index in [2.05, 4.69) is 0 Å². The Morgan fingerprint density at radius 3 is 2.33 bits per heavy atom. The molecule has 0 bridgehead atoms. The van der Waals surface area contributed by atoms with Crippen LogP contribution in [0.15, 0.2) is 54.6 Å². The Balaban J connectivity index is 1.69. The Hall–Kier alpha value is -2.57. The van der Waals surface area contributed by atoms with E-state index in [9.17, 15) is 18.8 Å². The minimum Gasteiger partial charge on any atom is -0.387 e. The highest BCUT2D eigenvalue weighted by atomic mass is 35.5. The van der Waals surface area contributed by atoms with E-state index in [0.29, 0.717) is 10.6 Å². The molecule has 5 nitrogen and oxygen atoms in total. The van der Waals surface area contributed by atoms with E-state index in [0.717, 1.165) is 0 Å². The molecule has 27 heavy (non-hydrogen) atoms. The fourth-order valence-electron chi connectivity index (χ4n) is 2.87. The van der Waals surface area contributed by atoms with E-state index < -0.39 is 35.9 Å². The normalized spacial score (nSPS) is 22.1. The summed E-state index contributed by atoms with van der Waals surface area (Å²) in [6.45, 7) is 0.00368. The van der Waals surface area contributed by atoms with Crippen LogP contribution in [0.1, 0.15) is 27.1 Å². The molecule has 140 valence electrons. The maximum Gasteiger partial charge on any atom is 0.346 e. The molecular weight excluding hydrogens is 375 g/mol. The summed E-state index contributed by atoms with van der Waals surface area (Å²) in [5.74, 6) is -3.56. The second-order valence-corrected chi connectivity index (χ2v) is 6.51. The van der Waals surface area contributed by atoms with Gasteiger partial charge in [0.25, 0.3) is 0 Å². The summed E-state index contributed by atoms with van der Waals surface area (Å²) in [4.78, 5) is 36.8. The number of carbonyl (C=O) groups excluding carboxylic acids is 3. The van der Waals surface area contributed by atoms with Crippen LogP contribution < -0.4 is 0 Å². The second-order valence-electron chi connectivity index (χ2n) is 6.08. The van der Waals surface area contributed by atoms with Gasteiger partial charge in [0.1, 0.15) is 6.17 Å². The number of ether oxygens (including phenoxy) is 2. The molecule has 7 heteroatoms. The van der Waals surface area contributed by atoms with Crippen LogP contribution in [0.4, 0.5) is 4.39 Å². The molecule has 0 N–H and O–H groups in total. The quantitative estimate of drug-likeness (QED) is 0.453. The van der Waals surface area contributed by atoms with Crippen LogP contribution in [0.3, 0.4) is 0 Å². The standard InChI is InChI=1S/C20H16ClFO5/c21-14-8-6-12(7-9-14)17(23)15-10-11-26-18(16(15)22)20(25)27-19(24)13-4-2-1-3-5-13/h1-9,15-16,18H,10-11H2. The first-order valence-corrected chi connectivity index (χ1v) is 8.71. The second kappa shape index (κ2) is 8.41. The molecule has 0 spiro atoms. The average molecular weight is 391 g/mol. The average Bonchev–Trinajstić information content (AvgIpc) is 2.68. The molecule has 0 aromatic heterocycles. The molecule has 0 saturated carbocycles. The Morgan fingerprint density at radius 1 is 1.00 bits per heavy atom. The third-order valence-electron chi connectivity index (χ3n) is 4.30. The lowest BCUT2D eigenvalue weighted by Crippen LogP contribution is -2.47. The van der Waals surface area contributed by atoms with Crippen LogP contribution in [0.25, 0.3) is 0 Å². The molecule has 1 heterocycles. The summed E-state index contributed by atoms with van der Waals surface area (Å²) in [7, 11) is 0. The summed E-state index contributed by atoms with van der Waals surface area (Å²) < 4.78 is 24.7. The molecule has 0 aliphatic carbocycles. The van der Waals surface area contributed by atoms with Crippen LogP contribution in [-0.2, 0) is 14.3 Å². The zero-order valence-corrected chi connectivity index (χ0v) is 14.9. The van der Waals surface area contributed by atoms with Crippen molar-refractivity contribution in [1.29, 1.82) is 0 Å². The number of Topliss-reactive ketones (excluding diaryl/α,β-unsaturated/α-hetero) is 1. The molecule has 2 aromatic rings. The zero-order chi connectivity index (χ0) is 19.4. The number of rotatable bonds is 4. The van der Waals surface area contributed by atoms with Gasteiger partial charge >= 0.3 is 11.9 Å². The van der Waals surface area contributed by atoms with Crippen molar-refractivity contribution in [2.24, 2.45) is 5.92 Å². The van der Waals surface area contributed by atoms with E-state index >= 15 is 0 Å². The number of carbonyl (C=O) groups is 3. The van der Waals surface area contributed by atoms with E-state index in [1.165, 1.54) is 36.4 Å². The maximum atomic E-state index is 14.8. The minimum absolute atomic E-state index is 0.00368. The third kappa shape index (κ3) is 4.40. The molecule has 3 unspecified atom stereocenters. The van der Waals surface area contributed by atoms with Crippen molar-refractivity contribution in [3.8, 4) is 0 Å². The van der Waals surface area contributed by atoms with Crippen molar-refractivity contribution in [2.45, 2.75) is 18.7 Å². The lowest BCUT2D eigenvalue weighted by Gasteiger charge is -2.30. The highest BCUT2D eigenvalue weighted by Crippen LogP contribution is 2.28. The SMILES string of the molecule is O=C(OC(=O)C1OCCC(C(=O)c2ccc(Cl)cc2)C1F)c1ccccc1. The number of esters is 2. The van der Waals surface area contributed by atoms with Gasteiger partial charge in [-0.1, -0.05) is 29.8 Å². The molecule has 1 aliphatic heterocycles. The summed E-state index contributed by atoms with van der Waals surface area (Å²) in [6, 6.07) is 13.9. The van der Waals surface area contributed by atoms with E-state index in [4.69, 9.17) is 21.1 Å². The van der Waals surface area contributed by atoms with Crippen molar-refractivity contribution in [3.63, 3.8) is 0 Å². The first kappa shape index (κ1) is 19.2. The molecule has 1 fully saturated rings. The van der Waals surface area contributed by atoms with E-state index in [-0.39, 0.29) is 18.6 Å². The first-order valence-electron chi connectivity index (χ1n) is 8.34. The highest BCUT2D eigenvalue weighted by Gasteiger charge is 2.44. The van der Waals surface area contributed by atoms with Gasteiger partial charge in [-0.2, -0.15) is 0 Å². The lowest BCUT2D eigenvalue weighted by atomic mass is 9.86. The molecule has 0 radical (unpaired) electrons. The predicted octanol–water partition coefficient (Wildman–Crippen LogP) is 3.65. The Bertz CT molecular complexity index is 837. The van der Waals surface area contributed by atoms with Crippen molar-refractivity contribution >= 4 is 29.3 Å². The topological polar surface area (TPSA) is 69.7 Å². The lowest BCUT2D eigenvalue weighted by molar-refractivity contribution is -0.162. The van der Waals surface area contributed by atoms with E-state index in [1.54, 1.807) is 18.2 Å². The number of hydrogen-bond acceptors (Lipinski definition) is 5. The molecule has 2 aromatic carbocycles. The molecule has 1 saturated heterocycles. The van der Waals surface area contributed by atoms with Crippen LogP contribution in [0.2, 0.25) is 5.02 Å². The summed E-state index contributed by atoms with van der Waals surface area (Å²) in [5.41, 5.74) is 0.451. The minimum atomic E-state index is -1.92. The Morgan fingerprint density at radius 2 is 1.67 bits per heavy atom. The van der Waals surface area contributed by atoms with Crippen molar-refractivity contribution in [3.05, 3.63) is 70.7 Å². The molecular formula is C20H16ClFO5. The summed E-state index contributed by atoms with van der Waals surface area (Å²) in [6.07, 6.45) is -3.43. The number of hydrogen-bond donors (Lipinski definition) is 0. The number of ketones is 1. The molecule has 3 atom stereocenters. The van der Waals surface area contributed by atoms with Crippen molar-refractivity contribution < 1.29 is 28.2 Å². The van der Waals surface area contributed by atoms with Crippen molar-refractivity contribution in [2.75, 3.05) is 6.61 Å². The molecule has 1 aliphatic rings. The summed E-state index contributed by atoms with van der Waals surface area (Å²) >= 11 is 5.80. The summed E-state index contributed by atoms with van der Waals surface area (Å²) in [5, 5.41) is 0.455. The molecule has 3 rings (SSSR count). The smallest absolute Gasteiger partial charge is 0.346 e. The molecule has 0 amide bonds. The fraction of sp³-hybridized carbons (Fsp3) is 0.250. The fourth-order valence-corrected chi connectivity index (χ4v) is 2.99. The van der Waals surface area contributed by atoms with Crippen molar-refractivity contribution in [1.82, 2.24) is 0 Å². The number of benzene rings is 2. The number of alkyl halides is 1. The van der Waals surface area contributed by atoms with Gasteiger partial charge in [0.05, 0.1) is 11.5 Å². The van der Waals surface area contributed by atoms with Crippen LogP contribution in [-0.4, -0.2) is 36.6 Å². The Labute approximate surface area is 160 Å². The van der Waals surface area contributed by atoms with Crippen LogP contribution >= 0.6 is 11.6 Å².